The molecule has 0 aliphatic carbocycles. The van der Waals surface area contributed by atoms with Gasteiger partial charge in [0.05, 0.1) is 12.4 Å². The van der Waals surface area contributed by atoms with E-state index in [4.69, 9.17) is 4.74 Å². The number of aryl methyl sites for hydroxylation is 1. The van der Waals surface area contributed by atoms with Crippen molar-refractivity contribution in [3.8, 4) is 5.75 Å². The summed E-state index contributed by atoms with van der Waals surface area (Å²) in [5, 5.41) is 0. The fourth-order valence-electron chi connectivity index (χ4n) is 1.54. The fourth-order valence-corrected chi connectivity index (χ4v) is 2.18. The van der Waals surface area contributed by atoms with Gasteiger partial charge in [0.2, 0.25) is 0 Å². The highest BCUT2D eigenvalue weighted by Gasteiger charge is 2.25. The highest BCUT2D eigenvalue weighted by atomic mass is 32.2. The Bertz CT molecular complexity index is 541. The molecule has 0 aromatic heterocycles. The maximum atomic E-state index is 12.5. The van der Waals surface area contributed by atoms with Crippen LogP contribution in [0.25, 0.3) is 0 Å². The van der Waals surface area contributed by atoms with Crippen LogP contribution in [0, 0.1) is 6.92 Å². The van der Waals surface area contributed by atoms with E-state index >= 15 is 0 Å². The molecule has 0 aliphatic rings. The van der Waals surface area contributed by atoms with Crippen molar-refractivity contribution in [3.05, 3.63) is 23.8 Å². The summed E-state index contributed by atoms with van der Waals surface area (Å²) in [5.74, 6) is 0.341. The van der Waals surface area contributed by atoms with Crippen molar-refractivity contribution in [1.29, 1.82) is 0 Å². The van der Waals surface area contributed by atoms with Gasteiger partial charge in [0.25, 0.3) is 0 Å². The molecule has 0 spiro atoms. The average Bonchev–Trinajstić information content (AvgIpc) is 2.23. The third-order valence-electron chi connectivity index (χ3n) is 2.49. The van der Waals surface area contributed by atoms with E-state index in [9.17, 15) is 21.4 Å². The Morgan fingerprint density at radius 2 is 1.89 bits per heavy atom. The van der Waals surface area contributed by atoms with E-state index in [1.807, 2.05) is 0 Å². The SMILES string of the molecule is Cc1cc([B-](F)(F)F)ccc1OCCCS(C)(=O)=O. The summed E-state index contributed by atoms with van der Waals surface area (Å²) in [4.78, 5) is 0. The van der Waals surface area contributed by atoms with Crippen LogP contribution in [0.5, 0.6) is 5.75 Å². The van der Waals surface area contributed by atoms with Gasteiger partial charge in [-0.15, -0.1) is 5.46 Å². The summed E-state index contributed by atoms with van der Waals surface area (Å²) in [6, 6.07) is 3.27. The summed E-state index contributed by atoms with van der Waals surface area (Å²) >= 11 is 0. The molecule has 0 unspecified atom stereocenters. The summed E-state index contributed by atoms with van der Waals surface area (Å²) in [7, 11) is -3.04. The van der Waals surface area contributed by atoms with Gasteiger partial charge in [-0.25, -0.2) is 8.42 Å². The minimum atomic E-state index is -5.01. The second-order valence-corrected chi connectivity index (χ2v) is 6.69. The fraction of sp³-hybridized carbons (Fsp3) is 0.455. The Hall–Kier alpha value is -1.18. The maximum Gasteiger partial charge on any atom is 0.509 e. The van der Waals surface area contributed by atoms with E-state index in [1.54, 1.807) is 0 Å². The van der Waals surface area contributed by atoms with Gasteiger partial charge in [0.1, 0.15) is 15.6 Å². The third kappa shape index (κ3) is 5.54. The number of sulfone groups is 1. The lowest BCUT2D eigenvalue weighted by Crippen LogP contribution is -2.34. The van der Waals surface area contributed by atoms with Crippen LogP contribution < -0.4 is 10.2 Å². The van der Waals surface area contributed by atoms with E-state index in [-0.39, 0.29) is 12.4 Å². The van der Waals surface area contributed by atoms with Crippen LogP contribution in [-0.2, 0) is 9.84 Å². The van der Waals surface area contributed by atoms with Gasteiger partial charge in [-0.05, 0) is 25.0 Å². The van der Waals surface area contributed by atoms with E-state index < -0.39 is 22.3 Å². The smallest absolute Gasteiger partial charge is 0.493 e. The van der Waals surface area contributed by atoms with Gasteiger partial charge in [-0.2, -0.15) is 0 Å². The monoisotopic (exact) mass is 295 g/mol. The van der Waals surface area contributed by atoms with Crippen molar-refractivity contribution >= 4 is 22.3 Å². The second kappa shape index (κ2) is 5.86. The molecule has 0 saturated carbocycles. The van der Waals surface area contributed by atoms with Gasteiger partial charge in [-0.3, -0.25) is 0 Å². The van der Waals surface area contributed by atoms with Crippen molar-refractivity contribution < 1.29 is 26.1 Å². The van der Waals surface area contributed by atoms with E-state index in [2.05, 4.69) is 0 Å². The van der Waals surface area contributed by atoms with Crippen molar-refractivity contribution in [2.45, 2.75) is 13.3 Å². The molecule has 0 bridgehead atoms. The van der Waals surface area contributed by atoms with Crippen molar-refractivity contribution in [2.75, 3.05) is 18.6 Å². The zero-order valence-corrected chi connectivity index (χ0v) is 11.5. The van der Waals surface area contributed by atoms with Crippen molar-refractivity contribution in [2.24, 2.45) is 0 Å². The topological polar surface area (TPSA) is 43.4 Å². The molecule has 1 rings (SSSR count). The Kier molecular flexibility index (Phi) is 4.89. The highest BCUT2D eigenvalue weighted by Crippen LogP contribution is 2.19. The van der Waals surface area contributed by atoms with Crippen LogP contribution in [0.2, 0.25) is 0 Å². The predicted octanol–water partition coefficient (Wildman–Crippen LogP) is 1.86. The first kappa shape index (κ1) is 15.9. The van der Waals surface area contributed by atoms with Gasteiger partial charge in [0, 0.05) is 6.26 Å². The molecule has 0 fully saturated rings. The van der Waals surface area contributed by atoms with Gasteiger partial charge in [0.15, 0.2) is 0 Å². The Labute approximate surface area is 110 Å². The zero-order chi connectivity index (χ0) is 14.7. The van der Waals surface area contributed by atoms with Crippen molar-refractivity contribution in [3.63, 3.8) is 0 Å². The lowest BCUT2D eigenvalue weighted by atomic mass is 9.79. The van der Waals surface area contributed by atoms with E-state index in [1.165, 1.54) is 13.0 Å². The zero-order valence-electron chi connectivity index (χ0n) is 10.7. The van der Waals surface area contributed by atoms with Gasteiger partial charge < -0.3 is 17.7 Å². The molecular formula is C11H15BF3O3S-. The lowest BCUT2D eigenvalue weighted by molar-refractivity contribution is 0.315. The summed E-state index contributed by atoms with van der Waals surface area (Å²) in [5.41, 5.74) is -0.281. The summed E-state index contributed by atoms with van der Waals surface area (Å²) in [6.45, 7) is -3.33. The molecule has 1 aromatic rings. The molecule has 0 amide bonds. The van der Waals surface area contributed by atoms with Crippen LogP contribution in [0.15, 0.2) is 18.2 Å². The lowest BCUT2D eigenvalue weighted by Gasteiger charge is -2.17. The minimum Gasteiger partial charge on any atom is -0.493 e. The standard InChI is InChI=1S/C11H15BF3O3S/c1-9-8-10(12(13,14)15)4-5-11(9)18-6-3-7-19(2,16)17/h4-5,8H,3,6-7H2,1-2H3/q-1. The molecular weight excluding hydrogens is 280 g/mol. The number of ether oxygens (including phenoxy) is 1. The van der Waals surface area contributed by atoms with Crippen LogP contribution in [0.3, 0.4) is 0 Å². The Balaban J connectivity index is 2.61. The molecule has 0 saturated heterocycles. The normalized spacial score (nSPS) is 12.5. The molecule has 0 atom stereocenters. The van der Waals surface area contributed by atoms with Crippen molar-refractivity contribution in [1.82, 2.24) is 0 Å². The second-order valence-electron chi connectivity index (χ2n) is 4.43. The highest BCUT2D eigenvalue weighted by molar-refractivity contribution is 7.90. The van der Waals surface area contributed by atoms with E-state index in [0.717, 1.165) is 18.4 Å². The van der Waals surface area contributed by atoms with Crippen LogP contribution in [-0.4, -0.2) is 34.0 Å². The molecule has 0 aliphatic heterocycles. The number of halogens is 3. The largest absolute Gasteiger partial charge is 0.509 e. The quantitative estimate of drug-likeness (QED) is 0.594. The molecule has 1 aromatic carbocycles. The molecule has 0 heterocycles. The van der Waals surface area contributed by atoms with Crippen LogP contribution >= 0.6 is 0 Å². The summed E-state index contributed by atoms with van der Waals surface area (Å²) in [6.07, 6.45) is 1.43. The predicted molar refractivity (Wildman–Crippen MR) is 69.7 cm³/mol. The molecule has 108 valence electrons. The Morgan fingerprint density at radius 1 is 1.26 bits per heavy atom. The molecule has 19 heavy (non-hydrogen) atoms. The minimum absolute atomic E-state index is 0.00417. The van der Waals surface area contributed by atoms with Crippen LogP contribution in [0.4, 0.5) is 12.9 Å². The molecule has 3 nitrogen and oxygen atoms in total. The van der Waals surface area contributed by atoms with E-state index in [0.29, 0.717) is 17.7 Å². The maximum absolute atomic E-state index is 12.5. The number of rotatable bonds is 6. The van der Waals surface area contributed by atoms with Crippen LogP contribution in [0.1, 0.15) is 12.0 Å². The molecule has 0 radical (unpaired) electrons. The number of hydrogen-bond donors (Lipinski definition) is 0. The Morgan fingerprint density at radius 3 is 2.37 bits per heavy atom. The summed E-state index contributed by atoms with van der Waals surface area (Å²) < 4.78 is 64.5. The van der Waals surface area contributed by atoms with Gasteiger partial charge in [-0.1, -0.05) is 12.1 Å². The number of hydrogen-bond acceptors (Lipinski definition) is 3. The first-order valence-corrected chi connectivity index (χ1v) is 7.76. The average molecular weight is 295 g/mol. The molecule has 0 N–H and O–H groups in total. The first-order valence-electron chi connectivity index (χ1n) is 5.70. The number of benzene rings is 1. The third-order valence-corrected chi connectivity index (χ3v) is 3.52. The van der Waals surface area contributed by atoms with Gasteiger partial charge >= 0.3 is 6.98 Å². The first-order chi connectivity index (χ1) is 8.59. The molecule has 8 heteroatoms.